The zero-order valence-electron chi connectivity index (χ0n) is 13.0. The van der Waals surface area contributed by atoms with Gasteiger partial charge in [0.1, 0.15) is 5.82 Å². The summed E-state index contributed by atoms with van der Waals surface area (Å²) in [6.45, 7) is 7.56. The highest BCUT2D eigenvalue weighted by Gasteiger charge is 2.25. The first-order valence-corrected chi connectivity index (χ1v) is 7.60. The summed E-state index contributed by atoms with van der Waals surface area (Å²) in [5, 5.41) is 8.73. The summed E-state index contributed by atoms with van der Waals surface area (Å²) in [5.74, 6) is 5.51. The van der Waals surface area contributed by atoms with Crippen LogP contribution in [0.5, 0.6) is 0 Å². The summed E-state index contributed by atoms with van der Waals surface area (Å²) in [5.41, 5.74) is 2.10. The molecule has 1 saturated heterocycles. The molecule has 0 aromatic heterocycles. The highest BCUT2D eigenvalue weighted by molar-refractivity contribution is 5.37. The van der Waals surface area contributed by atoms with Crippen molar-refractivity contribution < 1.29 is 9.50 Å². The fourth-order valence-corrected chi connectivity index (χ4v) is 2.61. The highest BCUT2D eigenvalue weighted by Crippen LogP contribution is 2.30. The molecule has 1 aliphatic heterocycles. The maximum absolute atomic E-state index is 13.7. The molecule has 0 atom stereocenters. The summed E-state index contributed by atoms with van der Waals surface area (Å²) in [6, 6.07) is 5.00. The molecular weight excluding hydrogens is 265 g/mol. The molecule has 0 aliphatic carbocycles. The van der Waals surface area contributed by atoms with Gasteiger partial charge in [-0.3, -0.25) is 4.90 Å². The Morgan fingerprint density at radius 3 is 2.62 bits per heavy atom. The van der Waals surface area contributed by atoms with Crippen LogP contribution in [0.15, 0.2) is 18.2 Å². The number of aliphatic hydroxyl groups excluding tert-OH is 1. The fourth-order valence-electron chi connectivity index (χ4n) is 2.61. The van der Waals surface area contributed by atoms with Crippen molar-refractivity contribution >= 4 is 0 Å². The molecule has 0 amide bonds. The molecular formula is C18H24FNO. The van der Waals surface area contributed by atoms with E-state index in [1.165, 1.54) is 18.9 Å². The maximum atomic E-state index is 13.7. The van der Waals surface area contributed by atoms with Crippen molar-refractivity contribution in [1.82, 2.24) is 4.90 Å². The van der Waals surface area contributed by atoms with Crippen molar-refractivity contribution in [2.45, 2.75) is 39.7 Å². The predicted molar refractivity (Wildman–Crippen MR) is 83.3 cm³/mol. The van der Waals surface area contributed by atoms with Gasteiger partial charge in [-0.05, 0) is 55.1 Å². The van der Waals surface area contributed by atoms with E-state index in [-0.39, 0.29) is 12.4 Å². The second-order valence-corrected chi connectivity index (χ2v) is 6.56. The number of aliphatic hydroxyl groups is 1. The smallest absolute Gasteiger partial charge is 0.124 e. The van der Waals surface area contributed by atoms with E-state index >= 15 is 0 Å². The zero-order chi connectivity index (χ0) is 15.3. The van der Waals surface area contributed by atoms with Crippen LogP contribution in [-0.4, -0.2) is 29.7 Å². The van der Waals surface area contributed by atoms with Crippen molar-refractivity contribution in [3.05, 3.63) is 35.1 Å². The maximum Gasteiger partial charge on any atom is 0.124 e. The second-order valence-electron chi connectivity index (χ2n) is 6.56. The molecule has 1 aliphatic rings. The largest absolute Gasteiger partial charge is 0.395 e. The molecule has 1 heterocycles. The predicted octanol–water partition coefficient (Wildman–Crippen LogP) is 3.18. The molecule has 114 valence electrons. The lowest BCUT2D eigenvalue weighted by Gasteiger charge is -2.36. The Balaban J connectivity index is 2.02. The van der Waals surface area contributed by atoms with E-state index in [0.29, 0.717) is 17.4 Å². The van der Waals surface area contributed by atoms with Gasteiger partial charge in [0, 0.05) is 18.5 Å². The van der Waals surface area contributed by atoms with Crippen LogP contribution in [0.1, 0.15) is 44.2 Å². The van der Waals surface area contributed by atoms with Crippen LogP contribution in [0.25, 0.3) is 0 Å². The third kappa shape index (κ3) is 5.15. The van der Waals surface area contributed by atoms with Crippen LogP contribution >= 0.6 is 0 Å². The Kier molecular flexibility index (Phi) is 5.39. The average Bonchev–Trinajstić information content (AvgIpc) is 2.41. The number of likely N-dealkylation sites (tertiary alicyclic amines) is 1. The van der Waals surface area contributed by atoms with Gasteiger partial charge in [-0.2, -0.15) is 0 Å². The van der Waals surface area contributed by atoms with Crippen LogP contribution in [-0.2, 0) is 6.54 Å². The lowest BCUT2D eigenvalue weighted by molar-refractivity contribution is 0.127. The molecule has 3 heteroatoms. The van der Waals surface area contributed by atoms with E-state index in [1.807, 2.05) is 6.07 Å². The summed E-state index contributed by atoms with van der Waals surface area (Å²) < 4.78 is 13.7. The first-order valence-electron chi connectivity index (χ1n) is 7.60. The molecule has 0 bridgehead atoms. The van der Waals surface area contributed by atoms with Gasteiger partial charge < -0.3 is 5.11 Å². The Bertz CT molecular complexity index is 532. The first kappa shape index (κ1) is 16.0. The van der Waals surface area contributed by atoms with Crippen LogP contribution in [0.3, 0.4) is 0 Å². The minimum Gasteiger partial charge on any atom is -0.395 e. The second kappa shape index (κ2) is 7.06. The quantitative estimate of drug-likeness (QED) is 0.864. The number of benzene rings is 1. The molecule has 0 radical (unpaired) electrons. The molecule has 1 fully saturated rings. The topological polar surface area (TPSA) is 23.5 Å². The van der Waals surface area contributed by atoms with E-state index in [4.69, 9.17) is 5.11 Å². The lowest BCUT2D eigenvalue weighted by atomic mass is 9.82. The Labute approximate surface area is 127 Å². The molecule has 21 heavy (non-hydrogen) atoms. The molecule has 0 unspecified atom stereocenters. The molecule has 1 N–H and O–H groups in total. The van der Waals surface area contributed by atoms with Crippen molar-refractivity contribution in [2.75, 3.05) is 19.7 Å². The van der Waals surface area contributed by atoms with Crippen LogP contribution in [0.4, 0.5) is 4.39 Å². The SMILES string of the molecule is CC1(C)CCN(Cc2cc(F)cc(C#CCCO)c2)CC1. The highest BCUT2D eigenvalue weighted by atomic mass is 19.1. The number of piperidine rings is 1. The number of hydrogen-bond donors (Lipinski definition) is 1. The van der Waals surface area contributed by atoms with Crippen LogP contribution in [0, 0.1) is 23.1 Å². The standard InChI is InChI=1S/C18H24FNO/c1-18(2)6-8-20(9-7-18)14-16-11-15(5-3-4-10-21)12-17(19)13-16/h11-13,21H,4,6-10,14H2,1-2H3. The fraction of sp³-hybridized carbons (Fsp3) is 0.556. The van der Waals surface area contributed by atoms with Gasteiger partial charge in [0.15, 0.2) is 0 Å². The third-order valence-corrected chi connectivity index (χ3v) is 4.04. The molecule has 2 nitrogen and oxygen atoms in total. The van der Waals surface area contributed by atoms with Gasteiger partial charge in [0.05, 0.1) is 6.61 Å². The van der Waals surface area contributed by atoms with Crippen molar-refractivity contribution in [2.24, 2.45) is 5.41 Å². The van der Waals surface area contributed by atoms with Gasteiger partial charge >= 0.3 is 0 Å². The number of rotatable bonds is 3. The van der Waals surface area contributed by atoms with E-state index < -0.39 is 0 Å². The molecule has 1 aromatic rings. The van der Waals surface area contributed by atoms with Crippen molar-refractivity contribution in [1.29, 1.82) is 0 Å². The Hall–Kier alpha value is -1.37. The van der Waals surface area contributed by atoms with E-state index in [9.17, 15) is 4.39 Å². The molecule has 1 aromatic carbocycles. The lowest BCUT2D eigenvalue weighted by Crippen LogP contribution is -2.36. The number of hydrogen-bond acceptors (Lipinski definition) is 2. The van der Waals surface area contributed by atoms with Crippen LogP contribution in [0.2, 0.25) is 0 Å². The van der Waals surface area contributed by atoms with E-state index in [0.717, 1.165) is 25.2 Å². The van der Waals surface area contributed by atoms with Gasteiger partial charge in [0.2, 0.25) is 0 Å². The Morgan fingerprint density at radius 1 is 1.24 bits per heavy atom. The monoisotopic (exact) mass is 289 g/mol. The normalized spacial score (nSPS) is 18.1. The molecule has 0 spiro atoms. The van der Waals surface area contributed by atoms with Crippen molar-refractivity contribution in [3.8, 4) is 11.8 Å². The van der Waals surface area contributed by atoms with Gasteiger partial charge in [-0.25, -0.2) is 4.39 Å². The van der Waals surface area contributed by atoms with Crippen molar-refractivity contribution in [3.63, 3.8) is 0 Å². The Morgan fingerprint density at radius 2 is 1.95 bits per heavy atom. The average molecular weight is 289 g/mol. The van der Waals surface area contributed by atoms with E-state index in [2.05, 4.69) is 30.6 Å². The molecule has 0 saturated carbocycles. The summed E-state index contributed by atoms with van der Waals surface area (Å²) >= 11 is 0. The van der Waals surface area contributed by atoms with Crippen LogP contribution < -0.4 is 0 Å². The zero-order valence-corrected chi connectivity index (χ0v) is 13.0. The van der Waals surface area contributed by atoms with Gasteiger partial charge in [-0.1, -0.05) is 25.7 Å². The van der Waals surface area contributed by atoms with E-state index in [1.54, 1.807) is 6.07 Å². The van der Waals surface area contributed by atoms with Gasteiger partial charge in [-0.15, -0.1) is 0 Å². The minimum absolute atomic E-state index is 0.0404. The summed E-state index contributed by atoms with van der Waals surface area (Å²) in [6.07, 6.45) is 2.80. The van der Waals surface area contributed by atoms with Gasteiger partial charge in [0.25, 0.3) is 0 Å². The number of halogens is 1. The molecule has 2 rings (SSSR count). The summed E-state index contributed by atoms with van der Waals surface area (Å²) in [7, 11) is 0. The number of nitrogens with zero attached hydrogens (tertiary/aromatic N) is 1. The first-order chi connectivity index (χ1) is 9.98. The summed E-state index contributed by atoms with van der Waals surface area (Å²) in [4.78, 5) is 2.38. The third-order valence-electron chi connectivity index (χ3n) is 4.04. The minimum atomic E-state index is -0.238.